The fourth-order valence-corrected chi connectivity index (χ4v) is 3.18. The molecule has 0 saturated carbocycles. The molecule has 1 aromatic heterocycles. The second-order valence-electron chi connectivity index (χ2n) is 5.75. The lowest BCUT2D eigenvalue weighted by atomic mass is 9.91. The minimum Gasteiger partial charge on any atom is -0.481 e. The van der Waals surface area contributed by atoms with E-state index >= 15 is 0 Å². The zero-order valence-corrected chi connectivity index (χ0v) is 12.8. The summed E-state index contributed by atoms with van der Waals surface area (Å²) in [5.41, 5.74) is 0.814. The quantitative estimate of drug-likeness (QED) is 0.922. The number of carbonyl (C=O) groups is 2. The van der Waals surface area contributed by atoms with Gasteiger partial charge in [0.2, 0.25) is 5.91 Å². The van der Waals surface area contributed by atoms with E-state index in [1.54, 1.807) is 15.8 Å². The zero-order chi connectivity index (χ0) is 15.6. The fourth-order valence-electron chi connectivity index (χ4n) is 3.18. The first kappa shape index (κ1) is 15.5. The van der Waals surface area contributed by atoms with Crippen LogP contribution >= 0.6 is 0 Å². The van der Waals surface area contributed by atoms with Gasteiger partial charge in [0.1, 0.15) is 0 Å². The lowest BCUT2D eigenvalue weighted by Crippen LogP contribution is -2.44. The molecule has 1 amide bonds. The van der Waals surface area contributed by atoms with E-state index in [1.807, 2.05) is 26.8 Å². The average Bonchev–Trinajstić information content (AvgIpc) is 2.81. The van der Waals surface area contributed by atoms with Crippen molar-refractivity contribution >= 4 is 11.9 Å². The predicted molar refractivity (Wildman–Crippen MR) is 77.6 cm³/mol. The lowest BCUT2D eigenvalue weighted by molar-refractivity contribution is -0.147. The molecule has 0 spiro atoms. The Morgan fingerprint density at radius 2 is 2.24 bits per heavy atom. The van der Waals surface area contributed by atoms with Gasteiger partial charge in [-0.3, -0.25) is 14.3 Å². The molecule has 1 saturated heterocycles. The van der Waals surface area contributed by atoms with Crippen LogP contribution in [0.1, 0.15) is 51.8 Å². The van der Waals surface area contributed by atoms with Crippen LogP contribution in [-0.2, 0) is 16.1 Å². The van der Waals surface area contributed by atoms with Gasteiger partial charge in [-0.1, -0.05) is 0 Å². The van der Waals surface area contributed by atoms with Crippen LogP contribution in [0.2, 0.25) is 0 Å². The molecule has 0 aromatic carbocycles. The highest BCUT2D eigenvalue weighted by Gasteiger charge is 2.41. The van der Waals surface area contributed by atoms with E-state index < -0.39 is 17.9 Å². The zero-order valence-electron chi connectivity index (χ0n) is 12.8. The van der Waals surface area contributed by atoms with Crippen LogP contribution < -0.4 is 0 Å². The standard InChI is InChI=1S/C15H23N3O3/c1-4-17-12(8-9-16-17)14-11(15(20)21)6-5-7-13(19)18(14)10(2)3/h8-11,14H,4-7H2,1-3H3,(H,20,21). The summed E-state index contributed by atoms with van der Waals surface area (Å²) >= 11 is 0. The number of aryl methyl sites for hydroxylation is 1. The van der Waals surface area contributed by atoms with Gasteiger partial charge in [0.25, 0.3) is 0 Å². The largest absolute Gasteiger partial charge is 0.481 e. The Morgan fingerprint density at radius 1 is 1.52 bits per heavy atom. The molecule has 1 aromatic rings. The van der Waals surface area contributed by atoms with E-state index in [9.17, 15) is 14.7 Å². The topological polar surface area (TPSA) is 75.4 Å². The number of likely N-dealkylation sites (tertiary alicyclic amines) is 1. The van der Waals surface area contributed by atoms with Crippen molar-refractivity contribution in [3.8, 4) is 0 Å². The molecular formula is C15H23N3O3. The monoisotopic (exact) mass is 293 g/mol. The summed E-state index contributed by atoms with van der Waals surface area (Å²) in [6.07, 6.45) is 3.23. The Kier molecular flexibility index (Phi) is 4.65. The Balaban J connectivity index is 2.53. The first-order valence-electron chi connectivity index (χ1n) is 7.53. The van der Waals surface area contributed by atoms with Crippen molar-refractivity contribution in [2.75, 3.05) is 0 Å². The van der Waals surface area contributed by atoms with Crippen molar-refractivity contribution < 1.29 is 14.7 Å². The molecule has 6 nitrogen and oxygen atoms in total. The van der Waals surface area contributed by atoms with Crippen LogP contribution in [0, 0.1) is 5.92 Å². The summed E-state index contributed by atoms with van der Waals surface area (Å²) in [4.78, 5) is 25.9. The smallest absolute Gasteiger partial charge is 0.309 e. The van der Waals surface area contributed by atoms with Gasteiger partial charge in [0, 0.05) is 25.2 Å². The number of hydrogen-bond acceptors (Lipinski definition) is 3. The van der Waals surface area contributed by atoms with Crippen LogP contribution in [0.3, 0.4) is 0 Å². The van der Waals surface area contributed by atoms with Crippen molar-refractivity contribution in [3.63, 3.8) is 0 Å². The summed E-state index contributed by atoms with van der Waals surface area (Å²) < 4.78 is 1.79. The second-order valence-corrected chi connectivity index (χ2v) is 5.75. The molecule has 2 heterocycles. The van der Waals surface area contributed by atoms with Crippen LogP contribution in [0.15, 0.2) is 12.3 Å². The van der Waals surface area contributed by atoms with Gasteiger partial charge in [0.05, 0.1) is 17.7 Å². The van der Waals surface area contributed by atoms with Gasteiger partial charge in [0.15, 0.2) is 0 Å². The van der Waals surface area contributed by atoms with Gasteiger partial charge < -0.3 is 10.0 Å². The highest BCUT2D eigenvalue weighted by molar-refractivity contribution is 5.80. The summed E-state index contributed by atoms with van der Waals surface area (Å²) in [6, 6.07) is 1.35. The highest BCUT2D eigenvalue weighted by atomic mass is 16.4. The molecule has 2 rings (SSSR count). The molecule has 0 bridgehead atoms. The third kappa shape index (κ3) is 2.94. The van der Waals surface area contributed by atoms with Crippen molar-refractivity contribution in [3.05, 3.63) is 18.0 Å². The van der Waals surface area contributed by atoms with Crippen molar-refractivity contribution in [2.24, 2.45) is 5.92 Å². The number of carbonyl (C=O) groups excluding carboxylic acids is 1. The number of carboxylic acids is 1. The molecule has 0 radical (unpaired) electrons. The van der Waals surface area contributed by atoms with Crippen LogP contribution in [-0.4, -0.2) is 37.7 Å². The number of hydrogen-bond donors (Lipinski definition) is 1. The summed E-state index contributed by atoms with van der Waals surface area (Å²) in [7, 11) is 0. The van der Waals surface area contributed by atoms with E-state index in [4.69, 9.17) is 0 Å². The normalized spacial score (nSPS) is 23.4. The number of rotatable bonds is 4. The molecule has 0 aliphatic carbocycles. The number of aromatic nitrogens is 2. The third-order valence-corrected chi connectivity index (χ3v) is 4.10. The number of amides is 1. The Hall–Kier alpha value is -1.85. The van der Waals surface area contributed by atoms with Gasteiger partial charge >= 0.3 is 5.97 Å². The van der Waals surface area contributed by atoms with E-state index in [0.717, 1.165) is 5.69 Å². The van der Waals surface area contributed by atoms with Gasteiger partial charge in [-0.05, 0) is 39.7 Å². The maximum Gasteiger partial charge on any atom is 0.309 e. The molecule has 2 atom stereocenters. The molecule has 21 heavy (non-hydrogen) atoms. The molecule has 1 aliphatic heterocycles. The van der Waals surface area contributed by atoms with E-state index in [2.05, 4.69) is 5.10 Å². The maximum atomic E-state index is 12.4. The highest BCUT2D eigenvalue weighted by Crippen LogP contribution is 2.37. The minimum atomic E-state index is -0.843. The third-order valence-electron chi connectivity index (χ3n) is 4.10. The first-order chi connectivity index (χ1) is 9.97. The number of nitrogens with zero attached hydrogens (tertiary/aromatic N) is 3. The van der Waals surface area contributed by atoms with Crippen molar-refractivity contribution in [2.45, 2.75) is 58.7 Å². The molecule has 1 aliphatic rings. The molecule has 6 heteroatoms. The van der Waals surface area contributed by atoms with Crippen LogP contribution in [0.5, 0.6) is 0 Å². The van der Waals surface area contributed by atoms with E-state index in [1.165, 1.54) is 0 Å². The molecule has 116 valence electrons. The van der Waals surface area contributed by atoms with E-state index in [-0.39, 0.29) is 11.9 Å². The molecular weight excluding hydrogens is 270 g/mol. The molecule has 1 fully saturated rings. The Labute approximate surface area is 124 Å². The maximum absolute atomic E-state index is 12.4. The van der Waals surface area contributed by atoms with Crippen molar-refractivity contribution in [1.82, 2.24) is 14.7 Å². The van der Waals surface area contributed by atoms with Gasteiger partial charge in [-0.2, -0.15) is 5.10 Å². The lowest BCUT2D eigenvalue weighted by Gasteiger charge is -2.36. The number of aliphatic carboxylic acids is 1. The minimum absolute atomic E-state index is 0.0302. The van der Waals surface area contributed by atoms with Gasteiger partial charge in [-0.25, -0.2) is 0 Å². The number of carboxylic acid groups (broad SMARTS) is 1. The Morgan fingerprint density at radius 3 is 2.81 bits per heavy atom. The van der Waals surface area contributed by atoms with Crippen molar-refractivity contribution in [1.29, 1.82) is 0 Å². The summed E-state index contributed by atoms with van der Waals surface area (Å²) in [6.45, 7) is 6.49. The van der Waals surface area contributed by atoms with E-state index in [0.29, 0.717) is 25.8 Å². The van der Waals surface area contributed by atoms with Crippen LogP contribution in [0.4, 0.5) is 0 Å². The van der Waals surface area contributed by atoms with Gasteiger partial charge in [-0.15, -0.1) is 0 Å². The first-order valence-corrected chi connectivity index (χ1v) is 7.53. The SMILES string of the molecule is CCn1nccc1C1C(C(=O)O)CCCC(=O)N1C(C)C. The van der Waals surface area contributed by atoms with Crippen LogP contribution in [0.25, 0.3) is 0 Å². The molecule has 2 unspecified atom stereocenters. The summed E-state index contributed by atoms with van der Waals surface area (Å²) in [5, 5.41) is 13.9. The predicted octanol–water partition coefficient (Wildman–Crippen LogP) is 2.07. The average molecular weight is 293 g/mol. The molecule has 1 N–H and O–H groups in total. The Bertz CT molecular complexity index is 524. The summed E-state index contributed by atoms with van der Waals surface area (Å²) in [5.74, 6) is -1.40. The second kappa shape index (κ2) is 6.28. The fraction of sp³-hybridized carbons (Fsp3) is 0.667.